The van der Waals surface area contributed by atoms with Crippen LogP contribution in [-0.2, 0) is 0 Å². The Balaban J connectivity index is 1.58. The molecule has 1 nitrogen and oxygen atoms in total. The second-order valence-electron chi connectivity index (χ2n) is 4.58. The number of anilines is 1. The van der Waals surface area contributed by atoms with Crippen LogP contribution in [-0.4, -0.2) is 6.04 Å². The summed E-state index contributed by atoms with van der Waals surface area (Å²) in [5.74, 6) is 0.726. The molecule has 0 bridgehead atoms. The fourth-order valence-electron chi connectivity index (χ4n) is 2.35. The molecule has 0 radical (unpaired) electrons. The number of rotatable bonds is 3. The van der Waals surface area contributed by atoms with Gasteiger partial charge in [0.25, 0.3) is 0 Å². The van der Waals surface area contributed by atoms with Gasteiger partial charge in [0, 0.05) is 21.6 Å². The highest BCUT2D eigenvalue weighted by molar-refractivity contribution is 9.10. The van der Waals surface area contributed by atoms with Gasteiger partial charge < -0.3 is 5.32 Å². The van der Waals surface area contributed by atoms with Gasteiger partial charge in [0.2, 0.25) is 0 Å². The van der Waals surface area contributed by atoms with Crippen LogP contribution in [0.2, 0.25) is 0 Å². The molecular formula is C14H14BrNS. The molecule has 1 fully saturated rings. The zero-order valence-electron chi connectivity index (χ0n) is 9.40. The average Bonchev–Trinajstić information content (AvgIpc) is 2.75. The molecule has 1 saturated carbocycles. The van der Waals surface area contributed by atoms with E-state index in [9.17, 15) is 0 Å². The fraction of sp³-hybridized carbons (Fsp3) is 0.286. The summed E-state index contributed by atoms with van der Waals surface area (Å²) in [6, 6.07) is 11.5. The molecular weight excluding hydrogens is 294 g/mol. The molecule has 2 aromatic rings. The van der Waals surface area contributed by atoms with Crippen molar-refractivity contribution in [2.45, 2.75) is 24.8 Å². The van der Waals surface area contributed by atoms with Crippen molar-refractivity contribution in [3.8, 4) is 0 Å². The molecule has 17 heavy (non-hydrogen) atoms. The van der Waals surface area contributed by atoms with E-state index in [1.807, 2.05) is 0 Å². The molecule has 1 N–H and O–H groups in total. The number of hydrogen-bond donors (Lipinski definition) is 1. The van der Waals surface area contributed by atoms with Crippen molar-refractivity contribution in [3.05, 3.63) is 51.1 Å². The molecule has 1 aromatic carbocycles. The van der Waals surface area contributed by atoms with Gasteiger partial charge in [0.05, 0.1) is 0 Å². The average molecular weight is 308 g/mol. The van der Waals surface area contributed by atoms with E-state index in [2.05, 4.69) is 62.3 Å². The largest absolute Gasteiger partial charge is 0.382 e. The van der Waals surface area contributed by atoms with E-state index in [0.717, 1.165) is 5.92 Å². The lowest BCUT2D eigenvalue weighted by molar-refractivity contribution is 0.374. The standard InChI is InChI=1S/C14H14BrNS/c15-12-3-1-2-10(6-12)11-7-14(8-11)16-13-4-5-17-9-13/h1-6,9,11,14,16H,7-8H2. The molecule has 3 rings (SSSR count). The first-order valence-corrected chi connectivity index (χ1v) is 7.59. The SMILES string of the molecule is Brc1cccc(C2CC(Nc3ccsc3)C2)c1. The van der Waals surface area contributed by atoms with Crippen LogP contribution in [0.25, 0.3) is 0 Å². The van der Waals surface area contributed by atoms with Crippen LogP contribution in [0.5, 0.6) is 0 Å². The van der Waals surface area contributed by atoms with Gasteiger partial charge in [-0.3, -0.25) is 0 Å². The van der Waals surface area contributed by atoms with Crippen molar-refractivity contribution in [1.82, 2.24) is 0 Å². The van der Waals surface area contributed by atoms with E-state index in [1.165, 1.54) is 28.6 Å². The first-order valence-electron chi connectivity index (χ1n) is 5.85. The lowest BCUT2D eigenvalue weighted by atomic mass is 9.76. The minimum absolute atomic E-state index is 0.647. The zero-order valence-corrected chi connectivity index (χ0v) is 11.8. The smallest absolute Gasteiger partial charge is 0.0450 e. The van der Waals surface area contributed by atoms with Gasteiger partial charge >= 0.3 is 0 Å². The number of thiophene rings is 1. The summed E-state index contributed by atoms with van der Waals surface area (Å²) in [6.07, 6.45) is 2.48. The minimum atomic E-state index is 0.647. The summed E-state index contributed by atoms with van der Waals surface area (Å²) < 4.78 is 1.18. The number of benzene rings is 1. The van der Waals surface area contributed by atoms with Crippen LogP contribution in [0, 0.1) is 0 Å². The topological polar surface area (TPSA) is 12.0 Å². The Kier molecular flexibility index (Phi) is 3.21. The predicted molar refractivity (Wildman–Crippen MR) is 77.8 cm³/mol. The highest BCUT2D eigenvalue weighted by atomic mass is 79.9. The third-order valence-electron chi connectivity index (χ3n) is 3.35. The third-order valence-corrected chi connectivity index (χ3v) is 4.53. The Hall–Kier alpha value is -0.800. The molecule has 1 aromatic heterocycles. The van der Waals surface area contributed by atoms with Crippen molar-refractivity contribution in [2.24, 2.45) is 0 Å². The van der Waals surface area contributed by atoms with Crippen LogP contribution in [0.4, 0.5) is 5.69 Å². The molecule has 0 aliphatic heterocycles. The van der Waals surface area contributed by atoms with Gasteiger partial charge in [-0.05, 0) is 47.9 Å². The number of nitrogens with one attached hydrogen (secondary N) is 1. The predicted octanol–water partition coefficient (Wildman–Crippen LogP) is 4.87. The molecule has 1 aliphatic rings. The first kappa shape index (κ1) is 11.3. The maximum Gasteiger partial charge on any atom is 0.0450 e. The van der Waals surface area contributed by atoms with E-state index in [0.29, 0.717) is 6.04 Å². The number of hydrogen-bond acceptors (Lipinski definition) is 2. The molecule has 88 valence electrons. The molecule has 0 saturated heterocycles. The second-order valence-corrected chi connectivity index (χ2v) is 6.27. The highest BCUT2D eigenvalue weighted by Crippen LogP contribution is 2.39. The molecule has 1 aliphatic carbocycles. The van der Waals surface area contributed by atoms with Gasteiger partial charge in [-0.25, -0.2) is 0 Å². The molecule has 0 amide bonds. The monoisotopic (exact) mass is 307 g/mol. The lowest BCUT2D eigenvalue weighted by Crippen LogP contribution is -2.33. The number of halogens is 1. The summed E-state index contributed by atoms with van der Waals surface area (Å²) >= 11 is 5.28. The maximum absolute atomic E-state index is 3.57. The third kappa shape index (κ3) is 2.55. The van der Waals surface area contributed by atoms with Crippen molar-refractivity contribution >= 4 is 33.0 Å². The Morgan fingerprint density at radius 2 is 2.12 bits per heavy atom. The van der Waals surface area contributed by atoms with E-state index in [1.54, 1.807) is 11.3 Å². The van der Waals surface area contributed by atoms with Crippen LogP contribution < -0.4 is 5.32 Å². The molecule has 3 heteroatoms. The first-order chi connectivity index (χ1) is 8.31. The van der Waals surface area contributed by atoms with Crippen molar-refractivity contribution in [3.63, 3.8) is 0 Å². The van der Waals surface area contributed by atoms with Gasteiger partial charge in [-0.1, -0.05) is 28.1 Å². The highest BCUT2D eigenvalue weighted by Gasteiger charge is 2.30. The Bertz CT molecular complexity index is 489. The Labute approximate surface area is 114 Å². The molecule has 0 atom stereocenters. The molecule has 0 unspecified atom stereocenters. The maximum atomic E-state index is 3.57. The van der Waals surface area contributed by atoms with Crippen LogP contribution >= 0.6 is 27.3 Å². The lowest BCUT2D eigenvalue weighted by Gasteiger charge is -2.36. The van der Waals surface area contributed by atoms with Crippen molar-refractivity contribution in [2.75, 3.05) is 5.32 Å². The normalized spacial score (nSPS) is 23.1. The van der Waals surface area contributed by atoms with Gasteiger partial charge in [-0.2, -0.15) is 11.3 Å². The van der Waals surface area contributed by atoms with Crippen LogP contribution in [0.15, 0.2) is 45.6 Å². The summed E-state index contributed by atoms with van der Waals surface area (Å²) in [5, 5.41) is 7.86. The van der Waals surface area contributed by atoms with E-state index in [4.69, 9.17) is 0 Å². The van der Waals surface area contributed by atoms with Gasteiger partial charge in [0.15, 0.2) is 0 Å². The van der Waals surface area contributed by atoms with Crippen LogP contribution in [0.3, 0.4) is 0 Å². The van der Waals surface area contributed by atoms with E-state index < -0.39 is 0 Å². The van der Waals surface area contributed by atoms with Gasteiger partial charge in [0.1, 0.15) is 0 Å². The summed E-state index contributed by atoms with van der Waals surface area (Å²) in [4.78, 5) is 0. The van der Waals surface area contributed by atoms with Crippen LogP contribution in [0.1, 0.15) is 24.3 Å². The van der Waals surface area contributed by atoms with E-state index >= 15 is 0 Å². The second kappa shape index (κ2) is 4.83. The summed E-state index contributed by atoms with van der Waals surface area (Å²) in [5.41, 5.74) is 2.73. The zero-order chi connectivity index (χ0) is 11.7. The minimum Gasteiger partial charge on any atom is -0.382 e. The fourth-order valence-corrected chi connectivity index (χ4v) is 3.36. The quantitative estimate of drug-likeness (QED) is 0.853. The summed E-state index contributed by atoms with van der Waals surface area (Å²) in [6.45, 7) is 0. The van der Waals surface area contributed by atoms with Crippen molar-refractivity contribution < 1.29 is 0 Å². The summed E-state index contributed by atoms with van der Waals surface area (Å²) in [7, 11) is 0. The van der Waals surface area contributed by atoms with E-state index in [-0.39, 0.29) is 0 Å². The molecule has 1 heterocycles. The Morgan fingerprint density at radius 3 is 2.82 bits per heavy atom. The van der Waals surface area contributed by atoms with Crippen molar-refractivity contribution in [1.29, 1.82) is 0 Å². The van der Waals surface area contributed by atoms with Gasteiger partial charge in [-0.15, -0.1) is 0 Å². The Morgan fingerprint density at radius 1 is 1.24 bits per heavy atom. The molecule has 0 spiro atoms.